The molecular formula is C18H14N2OS. The lowest BCUT2D eigenvalue weighted by Gasteiger charge is -2.05. The molecular weight excluding hydrogens is 292 g/mol. The molecule has 0 unspecified atom stereocenters. The first-order chi connectivity index (χ1) is 10.8. The van der Waals surface area contributed by atoms with Gasteiger partial charge in [0.25, 0.3) is 0 Å². The lowest BCUT2D eigenvalue weighted by Crippen LogP contribution is -2.13. The second kappa shape index (κ2) is 5.11. The Balaban J connectivity index is 1.85. The van der Waals surface area contributed by atoms with E-state index in [1.54, 1.807) is 0 Å². The summed E-state index contributed by atoms with van der Waals surface area (Å²) in [4.78, 5) is 12.3. The van der Waals surface area contributed by atoms with Gasteiger partial charge in [-0.15, -0.1) is 0 Å². The summed E-state index contributed by atoms with van der Waals surface area (Å²) in [6, 6.07) is 15.8. The summed E-state index contributed by atoms with van der Waals surface area (Å²) in [6.45, 7) is 0.840. The Labute approximate surface area is 132 Å². The fourth-order valence-electron chi connectivity index (χ4n) is 2.80. The van der Waals surface area contributed by atoms with Crippen molar-refractivity contribution < 1.29 is 0 Å². The minimum atomic E-state index is 0.118. The summed E-state index contributed by atoms with van der Waals surface area (Å²) in [6.07, 6.45) is 2.47. The van der Waals surface area contributed by atoms with Gasteiger partial charge in [0.15, 0.2) is 0 Å². The smallest absolute Gasteiger partial charge is 0.298 e. The van der Waals surface area contributed by atoms with Gasteiger partial charge in [0, 0.05) is 6.54 Å². The van der Waals surface area contributed by atoms with E-state index in [2.05, 4.69) is 6.07 Å². The predicted octanol–water partition coefficient (Wildman–Crippen LogP) is 4.01. The quantitative estimate of drug-likeness (QED) is 0.734. The molecule has 108 valence electrons. The first-order valence-electron chi connectivity index (χ1n) is 7.39. The standard InChI is InChI=1S/C18H14N2OS/c19-10-14-3-1-2-4-15(14)13-7-8-16-17(9-13)22-18(21)20(16)11-12-5-6-12/h1-4,7-9,12H,5-6,11H2. The van der Waals surface area contributed by atoms with Gasteiger partial charge in [-0.25, -0.2) is 0 Å². The van der Waals surface area contributed by atoms with E-state index in [0.717, 1.165) is 27.9 Å². The Morgan fingerprint density at radius 3 is 2.82 bits per heavy atom. The maximum Gasteiger partial charge on any atom is 0.308 e. The molecule has 2 aromatic carbocycles. The number of fused-ring (bicyclic) bond motifs is 1. The van der Waals surface area contributed by atoms with Crippen LogP contribution in [-0.4, -0.2) is 4.57 Å². The molecule has 3 nitrogen and oxygen atoms in total. The molecule has 0 aliphatic heterocycles. The summed E-state index contributed by atoms with van der Waals surface area (Å²) in [5, 5.41) is 9.25. The Bertz CT molecular complexity index is 957. The number of thiazole rings is 1. The molecule has 0 spiro atoms. The van der Waals surface area contributed by atoms with Crippen LogP contribution in [0.4, 0.5) is 0 Å². The first-order valence-corrected chi connectivity index (χ1v) is 8.21. The zero-order chi connectivity index (χ0) is 15.1. The molecule has 4 heteroatoms. The van der Waals surface area contributed by atoms with E-state index in [0.29, 0.717) is 11.5 Å². The number of hydrogen-bond acceptors (Lipinski definition) is 3. The van der Waals surface area contributed by atoms with E-state index in [4.69, 9.17) is 0 Å². The van der Waals surface area contributed by atoms with Crippen LogP contribution in [0.15, 0.2) is 47.3 Å². The van der Waals surface area contributed by atoms with Crippen LogP contribution in [0.25, 0.3) is 21.3 Å². The molecule has 1 aromatic heterocycles. The Kier molecular flexibility index (Phi) is 3.09. The Morgan fingerprint density at radius 1 is 1.23 bits per heavy atom. The normalized spacial score (nSPS) is 14.1. The SMILES string of the molecule is N#Cc1ccccc1-c1ccc2c(c1)sc(=O)n2CC1CC1. The monoisotopic (exact) mass is 306 g/mol. The number of aromatic nitrogens is 1. The van der Waals surface area contributed by atoms with Gasteiger partial charge >= 0.3 is 4.87 Å². The van der Waals surface area contributed by atoms with Gasteiger partial charge in [-0.05, 0) is 48.1 Å². The van der Waals surface area contributed by atoms with Crippen LogP contribution in [-0.2, 0) is 6.54 Å². The molecule has 0 radical (unpaired) electrons. The van der Waals surface area contributed by atoms with Gasteiger partial charge in [0.1, 0.15) is 0 Å². The van der Waals surface area contributed by atoms with E-state index in [1.807, 2.05) is 47.0 Å². The maximum atomic E-state index is 12.2. The van der Waals surface area contributed by atoms with E-state index >= 15 is 0 Å². The molecule has 1 heterocycles. The third kappa shape index (κ3) is 2.24. The number of rotatable bonds is 3. The topological polar surface area (TPSA) is 45.8 Å². The maximum absolute atomic E-state index is 12.2. The average Bonchev–Trinajstić information content (AvgIpc) is 3.31. The van der Waals surface area contributed by atoms with Crippen molar-refractivity contribution in [1.82, 2.24) is 4.57 Å². The highest BCUT2D eigenvalue weighted by Crippen LogP contribution is 2.33. The Hall–Kier alpha value is -2.38. The van der Waals surface area contributed by atoms with Crippen molar-refractivity contribution in [3.8, 4) is 17.2 Å². The molecule has 1 fully saturated rings. The summed E-state index contributed by atoms with van der Waals surface area (Å²) in [5.41, 5.74) is 3.58. The molecule has 4 rings (SSSR count). The van der Waals surface area contributed by atoms with E-state index in [9.17, 15) is 10.1 Å². The van der Waals surface area contributed by atoms with E-state index in [-0.39, 0.29) is 4.87 Å². The predicted molar refractivity (Wildman–Crippen MR) is 89.0 cm³/mol. The van der Waals surface area contributed by atoms with Crippen molar-refractivity contribution in [1.29, 1.82) is 5.26 Å². The van der Waals surface area contributed by atoms with Crippen LogP contribution < -0.4 is 4.87 Å². The highest BCUT2D eigenvalue weighted by molar-refractivity contribution is 7.16. The highest BCUT2D eigenvalue weighted by Gasteiger charge is 2.23. The number of nitrogens with zero attached hydrogens (tertiary/aromatic N) is 2. The molecule has 0 saturated heterocycles. The largest absolute Gasteiger partial charge is 0.308 e. The minimum absolute atomic E-state index is 0.118. The summed E-state index contributed by atoms with van der Waals surface area (Å²) >= 11 is 1.30. The second-order valence-corrected chi connectivity index (χ2v) is 6.76. The van der Waals surface area contributed by atoms with Crippen molar-refractivity contribution in [2.24, 2.45) is 5.92 Å². The third-order valence-electron chi connectivity index (χ3n) is 4.16. The molecule has 1 saturated carbocycles. The lowest BCUT2D eigenvalue weighted by atomic mass is 10.0. The van der Waals surface area contributed by atoms with Crippen LogP contribution in [0.3, 0.4) is 0 Å². The van der Waals surface area contributed by atoms with Crippen LogP contribution in [0.1, 0.15) is 18.4 Å². The molecule has 22 heavy (non-hydrogen) atoms. The van der Waals surface area contributed by atoms with E-state index < -0.39 is 0 Å². The van der Waals surface area contributed by atoms with Crippen LogP contribution in [0.5, 0.6) is 0 Å². The third-order valence-corrected chi connectivity index (χ3v) is 5.11. The van der Waals surface area contributed by atoms with Crippen molar-refractivity contribution in [2.75, 3.05) is 0 Å². The zero-order valence-electron chi connectivity index (χ0n) is 12.0. The molecule has 3 aromatic rings. The average molecular weight is 306 g/mol. The zero-order valence-corrected chi connectivity index (χ0v) is 12.8. The summed E-state index contributed by atoms with van der Waals surface area (Å²) < 4.78 is 2.90. The lowest BCUT2D eigenvalue weighted by molar-refractivity contribution is 0.637. The fraction of sp³-hybridized carbons (Fsp3) is 0.222. The second-order valence-electron chi connectivity index (χ2n) is 5.76. The summed E-state index contributed by atoms with van der Waals surface area (Å²) in [7, 11) is 0. The van der Waals surface area contributed by atoms with Gasteiger partial charge in [-0.1, -0.05) is 35.6 Å². The molecule has 1 aliphatic carbocycles. The van der Waals surface area contributed by atoms with Gasteiger partial charge in [-0.2, -0.15) is 5.26 Å². The molecule has 1 aliphatic rings. The fourth-order valence-corrected chi connectivity index (χ4v) is 3.74. The number of nitriles is 1. The van der Waals surface area contributed by atoms with Crippen LogP contribution in [0, 0.1) is 17.2 Å². The molecule has 0 atom stereocenters. The molecule has 0 N–H and O–H groups in total. The summed E-state index contributed by atoms with van der Waals surface area (Å²) in [5.74, 6) is 0.675. The van der Waals surface area contributed by atoms with Crippen LogP contribution >= 0.6 is 11.3 Å². The van der Waals surface area contributed by atoms with Crippen molar-refractivity contribution in [2.45, 2.75) is 19.4 Å². The van der Waals surface area contributed by atoms with Gasteiger partial charge in [-0.3, -0.25) is 9.36 Å². The minimum Gasteiger partial charge on any atom is -0.298 e. The Morgan fingerprint density at radius 2 is 2.05 bits per heavy atom. The molecule has 0 bridgehead atoms. The highest BCUT2D eigenvalue weighted by atomic mass is 32.1. The van der Waals surface area contributed by atoms with Crippen molar-refractivity contribution in [3.63, 3.8) is 0 Å². The van der Waals surface area contributed by atoms with E-state index in [1.165, 1.54) is 24.2 Å². The van der Waals surface area contributed by atoms with Gasteiger partial charge < -0.3 is 0 Å². The van der Waals surface area contributed by atoms with Crippen LogP contribution in [0.2, 0.25) is 0 Å². The van der Waals surface area contributed by atoms with Crippen molar-refractivity contribution >= 4 is 21.6 Å². The first kappa shape index (κ1) is 13.3. The molecule has 0 amide bonds. The van der Waals surface area contributed by atoms with Gasteiger partial charge in [0.2, 0.25) is 0 Å². The number of hydrogen-bond donors (Lipinski definition) is 0. The number of benzene rings is 2. The van der Waals surface area contributed by atoms with Crippen molar-refractivity contribution in [3.05, 3.63) is 57.7 Å². The van der Waals surface area contributed by atoms with Gasteiger partial charge in [0.05, 0.1) is 21.8 Å².